The second kappa shape index (κ2) is 10.4. The van der Waals surface area contributed by atoms with Crippen molar-refractivity contribution < 1.29 is 23.2 Å². The number of halogens is 3. The first-order valence-corrected chi connectivity index (χ1v) is 8.84. The number of carboxylic acid groups (broad SMARTS) is 1. The van der Waals surface area contributed by atoms with Gasteiger partial charge in [0, 0.05) is 19.0 Å². The molecule has 0 aliphatic heterocycles. The van der Waals surface area contributed by atoms with Gasteiger partial charge in [0.05, 0.1) is 0 Å². The number of nitrogens with zero attached hydrogens (tertiary/aromatic N) is 1. The van der Waals surface area contributed by atoms with Crippen LogP contribution in [0.25, 0.3) is 0 Å². The van der Waals surface area contributed by atoms with Gasteiger partial charge in [-0.15, -0.1) is 0 Å². The number of hydrogen-bond donors (Lipinski definition) is 1. The number of aromatic carboxylic acids is 1. The highest BCUT2D eigenvalue weighted by Crippen LogP contribution is 2.27. The zero-order chi connectivity index (χ0) is 18.0. The Morgan fingerprint density at radius 2 is 1.62 bits per heavy atom. The fourth-order valence-electron chi connectivity index (χ4n) is 2.82. The normalized spacial score (nSPS) is 11.8. The highest BCUT2D eigenvalue weighted by molar-refractivity contribution is 5.86. The number of carbonyl (C=O) groups is 1. The summed E-state index contributed by atoms with van der Waals surface area (Å²) in [5.74, 6) is -4.40. The van der Waals surface area contributed by atoms with E-state index in [-0.39, 0.29) is 16.8 Å². The van der Waals surface area contributed by atoms with Crippen LogP contribution in [0.5, 0.6) is 0 Å². The first kappa shape index (κ1) is 20.6. The van der Waals surface area contributed by atoms with Gasteiger partial charge in [-0.1, -0.05) is 62.8 Å². The Bertz CT molecular complexity index is 500. The molecule has 6 heteroatoms. The molecule has 1 aromatic rings. The van der Waals surface area contributed by atoms with E-state index in [2.05, 4.69) is 6.92 Å². The van der Waals surface area contributed by atoms with Crippen LogP contribution in [0.4, 0.5) is 13.3 Å². The molecule has 0 radical (unpaired) electrons. The van der Waals surface area contributed by atoms with Crippen molar-refractivity contribution in [3.05, 3.63) is 23.5 Å². The molecule has 1 aromatic heterocycles. The van der Waals surface area contributed by atoms with E-state index in [9.17, 15) is 18.1 Å². The molecule has 0 unspecified atom stereocenters. The van der Waals surface area contributed by atoms with Crippen LogP contribution in [0.2, 0.25) is 0 Å². The molecule has 0 bridgehead atoms. The van der Waals surface area contributed by atoms with Gasteiger partial charge in [-0.05, 0) is 18.1 Å². The minimum absolute atomic E-state index is 0.0100. The number of unbranched alkanes of at least 4 members (excludes halogenated alkanes) is 8. The Morgan fingerprint density at radius 1 is 1.08 bits per heavy atom. The van der Waals surface area contributed by atoms with Crippen molar-refractivity contribution in [2.24, 2.45) is 0 Å². The number of hydrogen-bond acceptors (Lipinski definition) is 1. The molecule has 0 saturated heterocycles. The average Bonchev–Trinajstić information content (AvgIpc) is 2.85. The molecule has 0 aliphatic rings. The fraction of sp³-hybridized carbons (Fsp3) is 0.722. The van der Waals surface area contributed by atoms with Crippen molar-refractivity contribution in [1.29, 1.82) is 0 Å². The maximum absolute atomic E-state index is 13.9. The van der Waals surface area contributed by atoms with E-state index >= 15 is 0 Å². The molecule has 0 atom stereocenters. The van der Waals surface area contributed by atoms with E-state index in [0.717, 1.165) is 31.5 Å². The van der Waals surface area contributed by atoms with Crippen molar-refractivity contribution in [2.45, 2.75) is 83.5 Å². The van der Waals surface area contributed by atoms with Crippen LogP contribution in [-0.2, 0) is 6.42 Å². The van der Waals surface area contributed by atoms with Crippen LogP contribution in [-0.4, -0.2) is 21.8 Å². The molecule has 138 valence electrons. The summed E-state index contributed by atoms with van der Waals surface area (Å²) in [7, 11) is 0. The van der Waals surface area contributed by atoms with Crippen LogP contribution >= 0.6 is 0 Å². The lowest BCUT2D eigenvalue weighted by molar-refractivity contribution is -0.00956. The number of aromatic nitrogens is 1. The summed E-state index contributed by atoms with van der Waals surface area (Å²) >= 11 is 0. The van der Waals surface area contributed by atoms with E-state index in [1.54, 1.807) is 0 Å². The van der Waals surface area contributed by atoms with Gasteiger partial charge in [-0.2, -0.15) is 4.79 Å². The highest BCUT2D eigenvalue weighted by atomic mass is 19.3. The van der Waals surface area contributed by atoms with Gasteiger partial charge in [0.25, 0.3) is 5.92 Å². The molecule has 0 fully saturated rings. The Kier molecular flexibility index (Phi) is 8.93. The molecule has 0 amide bonds. The summed E-state index contributed by atoms with van der Waals surface area (Å²) in [6.07, 6.45) is 9.31. The third-order valence-corrected chi connectivity index (χ3v) is 4.16. The van der Waals surface area contributed by atoms with Crippen molar-refractivity contribution in [3.8, 4) is 0 Å². The van der Waals surface area contributed by atoms with E-state index in [1.165, 1.54) is 32.1 Å². The molecular weight excluding hydrogens is 319 g/mol. The SMILES string of the molecule is CCCCCCCCCCCC(F)(F)Cc1cc(C(=O)O)n(F)c1. The van der Waals surface area contributed by atoms with Crippen LogP contribution in [0, 0.1) is 0 Å². The zero-order valence-electron chi connectivity index (χ0n) is 14.4. The molecule has 3 nitrogen and oxygen atoms in total. The number of alkyl halides is 2. The van der Waals surface area contributed by atoms with Gasteiger partial charge in [0.1, 0.15) is 0 Å². The van der Waals surface area contributed by atoms with Crippen LogP contribution in [0.3, 0.4) is 0 Å². The van der Waals surface area contributed by atoms with E-state index in [4.69, 9.17) is 5.11 Å². The molecule has 0 spiro atoms. The van der Waals surface area contributed by atoms with Crippen LogP contribution in [0.15, 0.2) is 12.3 Å². The third kappa shape index (κ3) is 7.88. The molecule has 1 N–H and O–H groups in total. The second-order valence-electron chi connectivity index (χ2n) is 6.46. The van der Waals surface area contributed by atoms with Gasteiger partial charge >= 0.3 is 5.97 Å². The topological polar surface area (TPSA) is 42.2 Å². The Hall–Kier alpha value is -1.46. The maximum atomic E-state index is 13.9. The predicted octanol–water partition coefficient (Wildman–Crippen LogP) is 6.02. The largest absolute Gasteiger partial charge is 0.476 e. The van der Waals surface area contributed by atoms with E-state index in [1.807, 2.05) is 0 Å². The predicted molar refractivity (Wildman–Crippen MR) is 88.4 cm³/mol. The number of carboxylic acids is 1. The summed E-state index contributed by atoms with van der Waals surface area (Å²) in [6.45, 7) is 2.17. The summed E-state index contributed by atoms with van der Waals surface area (Å²) < 4.78 is 41.0. The zero-order valence-corrected chi connectivity index (χ0v) is 14.4. The maximum Gasteiger partial charge on any atom is 0.355 e. The standard InChI is InChI=1S/C18H28F3NO2/c1-2-3-4-5-6-7-8-9-10-11-18(19,20)13-15-12-16(17(23)24)22(21)14-15/h12,14H,2-11,13H2,1H3,(H,23,24). The molecule has 24 heavy (non-hydrogen) atoms. The Labute approximate surface area is 141 Å². The lowest BCUT2D eigenvalue weighted by Crippen LogP contribution is -2.19. The van der Waals surface area contributed by atoms with Crippen molar-refractivity contribution >= 4 is 5.97 Å². The first-order valence-electron chi connectivity index (χ1n) is 8.84. The van der Waals surface area contributed by atoms with Gasteiger partial charge in [0.2, 0.25) is 0 Å². The number of rotatable bonds is 13. The van der Waals surface area contributed by atoms with Gasteiger partial charge < -0.3 is 5.11 Å². The van der Waals surface area contributed by atoms with Gasteiger partial charge in [0.15, 0.2) is 5.69 Å². The van der Waals surface area contributed by atoms with Gasteiger partial charge in [-0.25, -0.2) is 13.6 Å². The molecular formula is C18H28F3NO2. The molecule has 0 aliphatic carbocycles. The summed E-state index contributed by atoms with van der Waals surface area (Å²) in [6, 6.07) is 0.965. The quantitative estimate of drug-likeness (QED) is 0.443. The summed E-state index contributed by atoms with van der Waals surface area (Å²) in [4.78, 5) is 10.6. The molecule has 0 saturated carbocycles. The average molecular weight is 347 g/mol. The van der Waals surface area contributed by atoms with Crippen LogP contribution in [0.1, 0.15) is 87.2 Å². The highest BCUT2D eigenvalue weighted by Gasteiger charge is 2.29. The summed E-state index contributed by atoms with van der Waals surface area (Å²) in [5, 5.41) is 8.72. The van der Waals surface area contributed by atoms with Crippen molar-refractivity contribution in [1.82, 2.24) is 4.79 Å². The Balaban J connectivity index is 2.22. The molecule has 0 aromatic carbocycles. The van der Waals surface area contributed by atoms with E-state index < -0.39 is 24.0 Å². The molecule has 1 heterocycles. The molecule has 1 rings (SSSR count). The lowest BCUT2D eigenvalue weighted by Gasteiger charge is -2.15. The lowest BCUT2D eigenvalue weighted by atomic mass is 10.0. The van der Waals surface area contributed by atoms with Crippen molar-refractivity contribution in [2.75, 3.05) is 0 Å². The minimum Gasteiger partial charge on any atom is -0.476 e. The fourth-order valence-corrected chi connectivity index (χ4v) is 2.82. The first-order chi connectivity index (χ1) is 11.4. The minimum atomic E-state index is -2.93. The van der Waals surface area contributed by atoms with Crippen molar-refractivity contribution in [3.63, 3.8) is 0 Å². The third-order valence-electron chi connectivity index (χ3n) is 4.16. The van der Waals surface area contributed by atoms with Crippen LogP contribution < -0.4 is 0 Å². The smallest absolute Gasteiger partial charge is 0.355 e. The van der Waals surface area contributed by atoms with Gasteiger partial charge in [-0.3, -0.25) is 0 Å². The summed E-state index contributed by atoms with van der Waals surface area (Å²) in [5.41, 5.74) is -0.611. The monoisotopic (exact) mass is 347 g/mol. The Morgan fingerprint density at radius 3 is 2.12 bits per heavy atom. The second-order valence-corrected chi connectivity index (χ2v) is 6.46. The van der Waals surface area contributed by atoms with E-state index in [0.29, 0.717) is 6.42 Å².